The van der Waals surface area contributed by atoms with Crippen molar-refractivity contribution in [3.8, 4) is 6.01 Å². The molecule has 3 aliphatic heterocycles. The summed E-state index contributed by atoms with van der Waals surface area (Å²) in [6.07, 6.45) is 4.95. The van der Waals surface area contributed by atoms with Gasteiger partial charge in [0.25, 0.3) is 0 Å². The lowest BCUT2D eigenvalue weighted by molar-refractivity contribution is 0.0240. The molecule has 3 aromatic rings. The van der Waals surface area contributed by atoms with E-state index in [9.17, 15) is 4.79 Å². The Hall–Kier alpha value is -3.53. The summed E-state index contributed by atoms with van der Waals surface area (Å²) in [6, 6.07) is 5.25. The Morgan fingerprint density at radius 3 is 2.57 bits per heavy atom. The molecule has 5 heterocycles. The summed E-state index contributed by atoms with van der Waals surface area (Å²) in [6.45, 7) is 16.0. The van der Waals surface area contributed by atoms with Gasteiger partial charge in [0.05, 0.1) is 12.2 Å². The van der Waals surface area contributed by atoms with Gasteiger partial charge in [0.15, 0.2) is 0 Å². The van der Waals surface area contributed by atoms with Crippen molar-refractivity contribution in [2.75, 3.05) is 62.7 Å². The number of hydrogen-bond donors (Lipinski definition) is 1. The number of piperazine rings is 1. The maximum atomic E-state index is 12.7. The summed E-state index contributed by atoms with van der Waals surface area (Å²) in [7, 11) is 2.16. The minimum absolute atomic E-state index is 0.253. The van der Waals surface area contributed by atoms with Gasteiger partial charge in [0, 0.05) is 67.1 Å². The van der Waals surface area contributed by atoms with Crippen molar-refractivity contribution in [3.05, 3.63) is 40.7 Å². The molecule has 1 atom stereocenters. The van der Waals surface area contributed by atoms with E-state index < -0.39 is 5.60 Å². The van der Waals surface area contributed by atoms with Crippen LogP contribution < -0.4 is 14.5 Å². The molecule has 0 bridgehead atoms. The van der Waals surface area contributed by atoms with E-state index in [1.165, 1.54) is 34.2 Å². The standard InChI is InChI=1S/C32H45N7O3/c1-21-18-26-24(9-11-33-26)28(22(21)2)39-13-10-25-27(19-39)34-30(41-20-23-8-7-12-36(23)6)35-29(25)37-14-16-38(17-15-37)31(40)42-32(3,4)5/h9,11,18,23,33H,7-8,10,12-17,19-20H2,1-6H3/t23-/m0/s1. The monoisotopic (exact) mass is 575 g/mol. The number of carbonyl (C=O) groups is 1. The fraction of sp³-hybridized carbons (Fsp3) is 0.594. The molecule has 0 aliphatic carbocycles. The van der Waals surface area contributed by atoms with Gasteiger partial charge in [-0.1, -0.05) is 0 Å². The van der Waals surface area contributed by atoms with Crippen molar-refractivity contribution in [1.29, 1.82) is 0 Å². The number of carbonyl (C=O) groups excluding carboxylic acids is 1. The maximum Gasteiger partial charge on any atom is 0.410 e. The zero-order valence-corrected chi connectivity index (χ0v) is 26.0. The molecule has 1 N–H and O–H groups in total. The number of likely N-dealkylation sites (tertiary alicyclic amines) is 1. The number of likely N-dealkylation sites (N-methyl/N-ethyl adjacent to an activating group) is 1. The molecule has 226 valence electrons. The van der Waals surface area contributed by atoms with Gasteiger partial charge in [-0.15, -0.1) is 0 Å². The number of benzene rings is 1. The highest BCUT2D eigenvalue weighted by atomic mass is 16.6. The minimum Gasteiger partial charge on any atom is -0.462 e. The van der Waals surface area contributed by atoms with E-state index in [-0.39, 0.29) is 6.09 Å². The summed E-state index contributed by atoms with van der Waals surface area (Å²) >= 11 is 0. The number of anilines is 2. The number of hydrogen-bond acceptors (Lipinski definition) is 8. The molecule has 2 aromatic heterocycles. The van der Waals surface area contributed by atoms with Gasteiger partial charge in [-0.2, -0.15) is 9.97 Å². The number of rotatable bonds is 5. The third-order valence-electron chi connectivity index (χ3n) is 8.99. The van der Waals surface area contributed by atoms with Crippen LogP contribution in [-0.4, -0.2) is 95.4 Å². The number of fused-ring (bicyclic) bond motifs is 2. The number of nitrogens with one attached hydrogen (secondary N) is 1. The summed E-state index contributed by atoms with van der Waals surface area (Å²) in [5.74, 6) is 0.950. The Morgan fingerprint density at radius 1 is 1.07 bits per heavy atom. The Labute approximate surface area is 249 Å². The van der Waals surface area contributed by atoms with Crippen molar-refractivity contribution >= 4 is 28.5 Å². The number of nitrogens with zero attached hydrogens (tertiary/aromatic N) is 6. The van der Waals surface area contributed by atoms with Crippen LogP contribution in [0.5, 0.6) is 6.01 Å². The molecule has 6 rings (SSSR count). The van der Waals surface area contributed by atoms with Crippen molar-refractivity contribution in [1.82, 2.24) is 24.8 Å². The Morgan fingerprint density at radius 2 is 1.86 bits per heavy atom. The molecule has 0 unspecified atom stereocenters. The molecule has 2 saturated heterocycles. The van der Waals surface area contributed by atoms with E-state index in [1.807, 2.05) is 27.0 Å². The number of ether oxygens (including phenoxy) is 2. The molecular formula is C32H45N7O3. The van der Waals surface area contributed by atoms with Crippen LogP contribution >= 0.6 is 0 Å². The summed E-state index contributed by atoms with van der Waals surface area (Å²) in [5.41, 5.74) is 6.74. The zero-order valence-electron chi connectivity index (χ0n) is 26.0. The van der Waals surface area contributed by atoms with Crippen LogP contribution in [0.4, 0.5) is 16.3 Å². The van der Waals surface area contributed by atoms with Gasteiger partial charge < -0.3 is 34.1 Å². The van der Waals surface area contributed by atoms with Crippen molar-refractivity contribution in [2.45, 2.75) is 72.1 Å². The smallest absolute Gasteiger partial charge is 0.410 e. The van der Waals surface area contributed by atoms with Crippen LogP contribution in [0.2, 0.25) is 0 Å². The highest BCUT2D eigenvalue weighted by Gasteiger charge is 2.31. The SMILES string of the molecule is Cc1cc2[nH]ccc2c(N2CCc3c(nc(OC[C@@H]4CCCN4C)nc3N3CCN(C(=O)OC(C)(C)C)CC3)C2)c1C. The molecule has 0 spiro atoms. The van der Waals surface area contributed by atoms with E-state index in [0.717, 1.165) is 43.0 Å². The fourth-order valence-corrected chi connectivity index (χ4v) is 6.52. The summed E-state index contributed by atoms with van der Waals surface area (Å²) in [5, 5.41) is 1.25. The first-order valence-electron chi connectivity index (χ1n) is 15.4. The van der Waals surface area contributed by atoms with Crippen LogP contribution in [-0.2, 0) is 17.7 Å². The van der Waals surface area contributed by atoms with E-state index in [1.54, 1.807) is 4.90 Å². The van der Waals surface area contributed by atoms with E-state index in [2.05, 4.69) is 52.7 Å². The predicted molar refractivity (Wildman–Crippen MR) is 166 cm³/mol. The Kier molecular flexibility index (Phi) is 7.68. The van der Waals surface area contributed by atoms with Crippen LogP contribution in [0.15, 0.2) is 18.3 Å². The van der Waals surface area contributed by atoms with Crippen molar-refractivity contribution in [2.24, 2.45) is 0 Å². The van der Waals surface area contributed by atoms with E-state index in [0.29, 0.717) is 51.4 Å². The molecule has 3 aliphatic rings. The number of H-pyrrole nitrogens is 1. The van der Waals surface area contributed by atoms with Gasteiger partial charge in [-0.25, -0.2) is 4.79 Å². The Balaban J connectivity index is 1.28. The first-order valence-corrected chi connectivity index (χ1v) is 15.4. The molecule has 1 aromatic carbocycles. The number of aryl methyl sites for hydroxylation is 1. The van der Waals surface area contributed by atoms with Gasteiger partial charge in [0.2, 0.25) is 0 Å². The van der Waals surface area contributed by atoms with Crippen LogP contribution in [0, 0.1) is 13.8 Å². The van der Waals surface area contributed by atoms with Gasteiger partial charge in [0.1, 0.15) is 18.0 Å². The van der Waals surface area contributed by atoms with Crippen molar-refractivity contribution < 1.29 is 14.3 Å². The Bertz CT molecular complexity index is 1450. The largest absolute Gasteiger partial charge is 0.462 e. The van der Waals surface area contributed by atoms with Crippen LogP contribution in [0.1, 0.15) is 56.0 Å². The lowest BCUT2D eigenvalue weighted by Crippen LogP contribution is -2.50. The molecule has 10 nitrogen and oxygen atoms in total. The number of aromatic nitrogens is 3. The molecule has 1 amide bonds. The zero-order chi connectivity index (χ0) is 29.6. The van der Waals surface area contributed by atoms with Crippen molar-refractivity contribution in [3.63, 3.8) is 0 Å². The maximum absolute atomic E-state index is 12.7. The lowest BCUT2D eigenvalue weighted by atomic mass is 9.99. The third-order valence-corrected chi connectivity index (χ3v) is 8.99. The normalized spacial score (nSPS) is 19.9. The highest BCUT2D eigenvalue weighted by Crippen LogP contribution is 2.37. The second-order valence-corrected chi connectivity index (χ2v) is 13.1. The van der Waals surface area contributed by atoms with Gasteiger partial charge in [-0.05, 0) is 90.7 Å². The number of aromatic amines is 1. The van der Waals surface area contributed by atoms with Crippen LogP contribution in [0.25, 0.3) is 10.9 Å². The second kappa shape index (κ2) is 11.3. The predicted octanol–water partition coefficient (Wildman–Crippen LogP) is 4.67. The van der Waals surface area contributed by atoms with Gasteiger partial charge in [-0.3, -0.25) is 0 Å². The average Bonchev–Trinajstić information content (AvgIpc) is 3.59. The van der Waals surface area contributed by atoms with Gasteiger partial charge >= 0.3 is 12.1 Å². The molecule has 10 heteroatoms. The third kappa shape index (κ3) is 5.73. The minimum atomic E-state index is -0.507. The number of amides is 1. The molecular weight excluding hydrogens is 530 g/mol. The van der Waals surface area contributed by atoms with Crippen LogP contribution in [0.3, 0.4) is 0 Å². The highest BCUT2D eigenvalue weighted by molar-refractivity contribution is 5.95. The molecule has 2 fully saturated rings. The lowest BCUT2D eigenvalue weighted by Gasteiger charge is -2.38. The topological polar surface area (TPSA) is 90.1 Å². The fourth-order valence-electron chi connectivity index (χ4n) is 6.52. The summed E-state index contributed by atoms with van der Waals surface area (Å²) in [4.78, 5) is 35.1. The molecule has 42 heavy (non-hydrogen) atoms. The second-order valence-electron chi connectivity index (χ2n) is 13.1. The van der Waals surface area contributed by atoms with E-state index in [4.69, 9.17) is 19.4 Å². The average molecular weight is 576 g/mol. The quantitative estimate of drug-likeness (QED) is 0.470. The molecule has 0 saturated carbocycles. The first kappa shape index (κ1) is 28.6. The molecule has 0 radical (unpaired) electrons. The summed E-state index contributed by atoms with van der Waals surface area (Å²) < 4.78 is 11.9. The van der Waals surface area contributed by atoms with E-state index >= 15 is 0 Å². The first-order chi connectivity index (χ1) is 20.1.